The van der Waals surface area contributed by atoms with Crippen LogP contribution in [0.3, 0.4) is 0 Å². The lowest BCUT2D eigenvalue weighted by molar-refractivity contribution is -0.194. The average molecular weight is 513 g/mol. The number of amides is 3. The fourth-order valence-electron chi connectivity index (χ4n) is 3.42. The molecule has 1 heterocycles. The normalized spacial score (nSPS) is 11.9. The van der Waals surface area contributed by atoms with E-state index >= 15 is 0 Å². The quantitative estimate of drug-likeness (QED) is 0.368. The summed E-state index contributed by atoms with van der Waals surface area (Å²) in [7, 11) is 0. The maximum absolute atomic E-state index is 13.5. The second-order valence-electron chi connectivity index (χ2n) is 9.71. The highest BCUT2D eigenvalue weighted by atomic mass is 16.7. The molecule has 9 heteroatoms. The lowest BCUT2D eigenvalue weighted by Crippen LogP contribution is -2.50. The number of hydroxylamine groups is 2. The molecule has 2 N–H and O–H groups in total. The van der Waals surface area contributed by atoms with E-state index in [1.807, 2.05) is 55.5 Å². The number of carbonyl (C=O) groups is 3. The Morgan fingerprint density at radius 3 is 2.43 bits per heavy atom. The molecule has 0 aliphatic rings. The van der Waals surface area contributed by atoms with Gasteiger partial charge in [-0.3, -0.25) is 19.4 Å². The SMILES string of the molecule is CCCC[C@H](NC(=O)OC(C)(C)C)C(=O)N(CCC(=O)NCCc1ccccn1)OCc1ccccc1. The summed E-state index contributed by atoms with van der Waals surface area (Å²) in [5.41, 5.74) is 1.07. The molecule has 0 spiro atoms. The summed E-state index contributed by atoms with van der Waals surface area (Å²) in [5, 5.41) is 6.73. The van der Waals surface area contributed by atoms with Crippen LogP contribution < -0.4 is 10.6 Å². The van der Waals surface area contributed by atoms with Crippen molar-refractivity contribution in [1.82, 2.24) is 20.7 Å². The Balaban J connectivity index is 2.02. The topological polar surface area (TPSA) is 110 Å². The summed E-state index contributed by atoms with van der Waals surface area (Å²) in [5.74, 6) is -0.626. The summed E-state index contributed by atoms with van der Waals surface area (Å²) >= 11 is 0. The van der Waals surface area contributed by atoms with Crippen LogP contribution in [0.4, 0.5) is 4.79 Å². The van der Waals surface area contributed by atoms with Crippen molar-refractivity contribution >= 4 is 17.9 Å². The van der Waals surface area contributed by atoms with Crippen LogP contribution in [0.15, 0.2) is 54.7 Å². The van der Waals surface area contributed by atoms with Crippen LogP contribution in [0, 0.1) is 0 Å². The van der Waals surface area contributed by atoms with Crippen molar-refractivity contribution in [1.29, 1.82) is 0 Å². The number of unbranched alkanes of at least 4 members (excludes halogenated alkanes) is 1. The molecule has 3 amide bonds. The van der Waals surface area contributed by atoms with E-state index in [1.165, 1.54) is 5.06 Å². The summed E-state index contributed by atoms with van der Waals surface area (Å²) in [6, 6.07) is 14.2. The van der Waals surface area contributed by atoms with Crippen LogP contribution in [0.5, 0.6) is 0 Å². The molecular formula is C28H40N4O5. The Bertz CT molecular complexity index is 964. The number of benzene rings is 1. The largest absolute Gasteiger partial charge is 0.444 e. The molecule has 0 bridgehead atoms. The average Bonchev–Trinajstić information content (AvgIpc) is 2.86. The summed E-state index contributed by atoms with van der Waals surface area (Å²) in [6.45, 7) is 7.92. The van der Waals surface area contributed by atoms with Gasteiger partial charge < -0.3 is 15.4 Å². The number of ether oxygens (including phenoxy) is 1. The van der Waals surface area contributed by atoms with E-state index < -0.39 is 23.6 Å². The number of nitrogens with one attached hydrogen (secondary N) is 2. The number of alkyl carbamates (subject to hydrolysis) is 1. The molecule has 0 radical (unpaired) electrons. The monoisotopic (exact) mass is 512 g/mol. The molecule has 1 aromatic carbocycles. The third kappa shape index (κ3) is 12.4. The molecule has 9 nitrogen and oxygen atoms in total. The van der Waals surface area contributed by atoms with E-state index in [0.717, 1.165) is 24.1 Å². The molecule has 0 unspecified atom stereocenters. The minimum absolute atomic E-state index is 0.0414. The van der Waals surface area contributed by atoms with Gasteiger partial charge in [-0.15, -0.1) is 0 Å². The molecule has 1 aromatic heterocycles. The number of aromatic nitrogens is 1. The molecule has 0 aliphatic heterocycles. The maximum Gasteiger partial charge on any atom is 0.408 e. The Labute approximate surface area is 219 Å². The van der Waals surface area contributed by atoms with Gasteiger partial charge >= 0.3 is 6.09 Å². The number of hydrogen-bond donors (Lipinski definition) is 2. The summed E-state index contributed by atoms with van der Waals surface area (Å²) in [4.78, 5) is 48.5. The Morgan fingerprint density at radius 2 is 1.78 bits per heavy atom. The fourth-order valence-corrected chi connectivity index (χ4v) is 3.42. The lowest BCUT2D eigenvalue weighted by atomic mass is 10.1. The van der Waals surface area contributed by atoms with Gasteiger partial charge in [0, 0.05) is 31.3 Å². The van der Waals surface area contributed by atoms with E-state index in [9.17, 15) is 14.4 Å². The van der Waals surface area contributed by atoms with Crippen molar-refractivity contribution < 1.29 is 24.0 Å². The molecule has 0 aliphatic carbocycles. The summed E-state index contributed by atoms with van der Waals surface area (Å²) in [6.07, 6.45) is 3.71. The van der Waals surface area contributed by atoms with Crippen molar-refractivity contribution in [3.05, 3.63) is 66.0 Å². The molecule has 0 saturated carbocycles. The Kier molecular flexibility index (Phi) is 12.6. The van der Waals surface area contributed by atoms with Gasteiger partial charge in [-0.25, -0.2) is 9.86 Å². The molecule has 2 aromatic rings. The standard InChI is InChI=1S/C28H40N4O5/c1-5-6-15-24(31-27(35)37-28(2,3)4)26(34)32(36-21-22-12-8-7-9-13-22)20-17-25(33)30-19-16-23-14-10-11-18-29-23/h7-14,18,24H,5-6,15-17,19-21H2,1-4H3,(H,30,33)(H,31,35)/t24-/m0/s1. The third-order valence-corrected chi connectivity index (χ3v) is 5.28. The van der Waals surface area contributed by atoms with Gasteiger partial charge in [0.25, 0.3) is 5.91 Å². The first-order chi connectivity index (χ1) is 17.7. The van der Waals surface area contributed by atoms with E-state index in [1.54, 1.807) is 27.0 Å². The van der Waals surface area contributed by atoms with Crippen LogP contribution in [0.2, 0.25) is 0 Å². The van der Waals surface area contributed by atoms with Crippen LogP contribution >= 0.6 is 0 Å². The third-order valence-electron chi connectivity index (χ3n) is 5.28. The maximum atomic E-state index is 13.5. The zero-order valence-corrected chi connectivity index (χ0v) is 22.4. The molecule has 37 heavy (non-hydrogen) atoms. The molecule has 202 valence electrons. The van der Waals surface area contributed by atoms with Crippen LogP contribution in [-0.2, 0) is 32.2 Å². The first-order valence-corrected chi connectivity index (χ1v) is 12.8. The van der Waals surface area contributed by atoms with Gasteiger partial charge in [-0.2, -0.15) is 0 Å². The number of nitrogens with zero attached hydrogens (tertiary/aromatic N) is 2. The first kappa shape index (κ1) is 29.8. The van der Waals surface area contributed by atoms with Crippen LogP contribution in [0.1, 0.15) is 64.6 Å². The Morgan fingerprint density at radius 1 is 1.05 bits per heavy atom. The highest BCUT2D eigenvalue weighted by molar-refractivity contribution is 5.85. The lowest BCUT2D eigenvalue weighted by Gasteiger charge is -2.28. The van der Waals surface area contributed by atoms with Crippen molar-refractivity contribution in [3.63, 3.8) is 0 Å². The van der Waals surface area contributed by atoms with Gasteiger partial charge in [0.05, 0.1) is 6.54 Å². The van der Waals surface area contributed by atoms with Crippen molar-refractivity contribution in [2.45, 2.75) is 78.0 Å². The van der Waals surface area contributed by atoms with E-state index in [0.29, 0.717) is 19.4 Å². The molecule has 0 fully saturated rings. The van der Waals surface area contributed by atoms with Gasteiger partial charge in [0.1, 0.15) is 18.2 Å². The van der Waals surface area contributed by atoms with Gasteiger partial charge in [0.2, 0.25) is 5.91 Å². The van der Waals surface area contributed by atoms with E-state index in [2.05, 4.69) is 15.6 Å². The fraction of sp³-hybridized carbons (Fsp3) is 0.500. The minimum Gasteiger partial charge on any atom is -0.444 e. The molecular weight excluding hydrogens is 472 g/mol. The predicted molar refractivity (Wildman–Crippen MR) is 141 cm³/mol. The second-order valence-corrected chi connectivity index (χ2v) is 9.71. The summed E-state index contributed by atoms with van der Waals surface area (Å²) < 4.78 is 5.36. The molecule has 1 atom stereocenters. The zero-order chi connectivity index (χ0) is 27.1. The first-order valence-electron chi connectivity index (χ1n) is 12.8. The van der Waals surface area contributed by atoms with Gasteiger partial charge in [-0.05, 0) is 44.9 Å². The Hall–Kier alpha value is -3.46. The number of hydrogen-bond acceptors (Lipinski definition) is 6. The highest BCUT2D eigenvalue weighted by Crippen LogP contribution is 2.12. The molecule has 2 rings (SSSR count). The highest BCUT2D eigenvalue weighted by Gasteiger charge is 2.29. The van der Waals surface area contributed by atoms with Crippen LogP contribution in [0.25, 0.3) is 0 Å². The van der Waals surface area contributed by atoms with Crippen LogP contribution in [-0.4, -0.2) is 52.7 Å². The van der Waals surface area contributed by atoms with Crippen molar-refractivity contribution in [3.8, 4) is 0 Å². The predicted octanol–water partition coefficient (Wildman–Crippen LogP) is 4.17. The van der Waals surface area contributed by atoms with Crippen molar-refractivity contribution in [2.24, 2.45) is 0 Å². The minimum atomic E-state index is -0.835. The van der Waals surface area contributed by atoms with E-state index in [4.69, 9.17) is 9.57 Å². The number of pyridine rings is 1. The smallest absolute Gasteiger partial charge is 0.408 e. The zero-order valence-electron chi connectivity index (χ0n) is 22.4. The second kappa shape index (κ2) is 15.6. The van der Waals surface area contributed by atoms with Crippen molar-refractivity contribution in [2.75, 3.05) is 13.1 Å². The number of rotatable bonds is 14. The van der Waals surface area contributed by atoms with Gasteiger partial charge in [0.15, 0.2) is 0 Å². The van der Waals surface area contributed by atoms with E-state index in [-0.39, 0.29) is 25.5 Å². The number of carbonyl (C=O) groups excluding carboxylic acids is 3. The molecule has 0 saturated heterocycles. The van der Waals surface area contributed by atoms with Gasteiger partial charge in [-0.1, -0.05) is 56.2 Å².